The highest BCUT2D eigenvalue weighted by molar-refractivity contribution is 5.94. The molecule has 1 atom stereocenters. The average molecular weight is 254 g/mol. The topological polar surface area (TPSA) is 32.3 Å². The zero-order valence-electron chi connectivity index (χ0n) is 10.2. The zero-order chi connectivity index (χ0) is 13.1. The summed E-state index contributed by atoms with van der Waals surface area (Å²) in [7, 11) is 1.90. The molecule has 0 aliphatic carbocycles. The molecule has 0 aromatic heterocycles. The number of carbonyl (C=O) groups is 1. The van der Waals surface area contributed by atoms with Gasteiger partial charge in [-0.2, -0.15) is 0 Å². The molecule has 1 aliphatic rings. The summed E-state index contributed by atoms with van der Waals surface area (Å²) in [5, 5.41) is 2.62. The van der Waals surface area contributed by atoms with E-state index in [4.69, 9.17) is 0 Å². The molecule has 0 radical (unpaired) electrons. The number of nitrogens with one attached hydrogen (secondary N) is 1. The highest BCUT2D eigenvalue weighted by Gasteiger charge is 2.25. The quantitative estimate of drug-likeness (QED) is 0.879. The molecule has 1 amide bonds. The van der Waals surface area contributed by atoms with Gasteiger partial charge in [0.05, 0.1) is 6.04 Å². The Kier molecular flexibility index (Phi) is 3.91. The summed E-state index contributed by atoms with van der Waals surface area (Å²) < 4.78 is 25.8. The number of amides is 1. The van der Waals surface area contributed by atoms with Gasteiger partial charge in [0, 0.05) is 11.8 Å². The maximum Gasteiger partial charge on any atom is 0.241 e. The van der Waals surface area contributed by atoms with Gasteiger partial charge in [-0.1, -0.05) is 6.42 Å². The molecule has 1 fully saturated rings. The second-order valence-electron chi connectivity index (χ2n) is 4.61. The number of hydrogen-bond donors (Lipinski definition) is 1. The van der Waals surface area contributed by atoms with E-state index in [-0.39, 0.29) is 17.6 Å². The molecule has 18 heavy (non-hydrogen) atoms. The Labute approximate surface area is 105 Å². The first-order valence-electron chi connectivity index (χ1n) is 6.04. The number of halogens is 2. The summed E-state index contributed by atoms with van der Waals surface area (Å²) in [5.41, 5.74) is 0.290. The van der Waals surface area contributed by atoms with Crippen molar-refractivity contribution in [1.29, 1.82) is 0 Å². The van der Waals surface area contributed by atoms with Crippen molar-refractivity contribution in [1.82, 2.24) is 4.90 Å². The smallest absolute Gasteiger partial charge is 0.241 e. The molecule has 1 aliphatic heterocycles. The van der Waals surface area contributed by atoms with Gasteiger partial charge in [-0.25, -0.2) is 8.78 Å². The van der Waals surface area contributed by atoms with E-state index in [2.05, 4.69) is 5.32 Å². The average Bonchev–Trinajstić information content (AvgIpc) is 2.34. The summed E-state index contributed by atoms with van der Waals surface area (Å²) in [6.07, 6.45) is 2.90. The van der Waals surface area contributed by atoms with Crippen molar-refractivity contribution >= 4 is 11.6 Å². The molecule has 5 heteroatoms. The molecule has 0 saturated carbocycles. The van der Waals surface area contributed by atoms with Crippen LogP contribution >= 0.6 is 0 Å². The van der Waals surface area contributed by atoms with Crippen molar-refractivity contribution in [2.45, 2.75) is 25.3 Å². The van der Waals surface area contributed by atoms with E-state index in [1.54, 1.807) is 0 Å². The molecule has 98 valence electrons. The number of benzene rings is 1. The highest BCUT2D eigenvalue weighted by atomic mass is 19.2. The summed E-state index contributed by atoms with van der Waals surface area (Å²) in [4.78, 5) is 14.0. The van der Waals surface area contributed by atoms with Crippen LogP contribution in [-0.2, 0) is 4.79 Å². The molecular weight excluding hydrogens is 238 g/mol. The van der Waals surface area contributed by atoms with E-state index in [1.807, 2.05) is 11.9 Å². The minimum absolute atomic E-state index is 0.164. The minimum atomic E-state index is -0.954. The molecule has 1 aromatic rings. The summed E-state index contributed by atoms with van der Waals surface area (Å²) in [5.74, 6) is -2.03. The lowest BCUT2D eigenvalue weighted by molar-refractivity contribution is -0.121. The molecule has 1 heterocycles. The maximum atomic E-state index is 13.0. The normalized spacial score (nSPS) is 20.7. The number of likely N-dealkylation sites (tertiary alicyclic amines) is 1. The number of carbonyl (C=O) groups excluding carboxylic acids is 1. The van der Waals surface area contributed by atoms with Crippen LogP contribution in [0.3, 0.4) is 0 Å². The van der Waals surface area contributed by atoms with Crippen molar-refractivity contribution in [3.05, 3.63) is 29.8 Å². The Morgan fingerprint density at radius 1 is 1.33 bits per heavy atom. The molecule has 1 saturated heterocycles. The molecule has 0 bridgehead atoms. The van der Waals surface area contributed by atoms with Crippen LogP contribution in [0.15, 0.2) is 18.2 Å². The minimum Gasteiger partial charge on any atom is -0.325 e. The number of likely N-dealkylation sites (N-methyl/N-ethyl adjacent to an activating group) is 1. The fourth-order valence-corrected chi connectivity index (χ4v) is 2.21. The van der Waals surface area contributed by atoms with Crippen LogP contribution in [0.2, 0.25) is 0 Å². The van der Waals surface area contributed by atoms with Gasteiger partial charge in [-0.15, -0.1) is 0 Å². The lowest BCUT2D eigenvalue weighted by atomic mass is 10.0. The Morgan fingerprint density at radius 2 is 2.11 bits per heavy atom. The van der Waals surface area contributed by atoms with Crippen molar-refractivity contribution in [3.8, 4) is 0 Å². The zero-order valence-corrected chi connectivity index (χ0v) is 10.2. The summed E-state index contributed by atoms with van der Waals surface area (Å²) >= 11 is 0. The number of anilines is 1. The van der Waals surface area contributed by atoms with Crippen LogP contribution < -0.4 is 5.32 Å². The predicted octanol–water partition coefficient (Wildman–Crippen LogP) is 2.39. The van der Waals surface area contributed by atoms with Crippen LogP contribution in [0.4, 0.5) is 14.5 Å². The molecule has 1 N–H and O–H groups in total. The third kappa shape index (κ3) is 2.85. The fourth-order valence-electron chi connectivity index (χ4n) is 2.21. The highest BCUT2D eigenvalue weighted by Crippen LogP contribution is 2.18. The van der Waals surface area contributed by atoms with E-state index < -0.39 is 11.6 Å². The molecule has 1 aromatic carbocycles. The monoisotopic (exact) mass is 254 g/mol. The van der Waals surface area contributed by atoms with Gasteiger partial charge in [0.1, 0.15) is 0 Å². The summed E-state index contributed by atoms with van der Waals surface area (Å²) in [6.45, 7) is 0.885. The van der Waals surface area contributed by atoms with Crippen molar-refractivity contribution < 1.29 is 13.6 Å². The Hall–Kier alpha value is -1.49. The third-order valence-corrected chi connectivity index (χ3v) is 3.26. The van der Waals surface area contributed by atoms with Crippen LogP contribution in [0.1, 0.15) is 19.3 Å². The van der Waals surface area contributed by atoms with Gasteiger partial charge in [0.2, 0.25) is 5.91 Å². The summed E-state index contributed by atoms with van der Waals surface area (Å²) in [6, 6.07) is 3.18. The number of rotatable bonds is 2. The van der Waals surface area contributed by atoms with Crippen LogP contribution in [0, 0.1) is 11.6 Å². The van der Waals surface area contributed by atoms with Gasteiger partial charge >= 0.3 is 0 Å². The van der Waals surface area contributed by atoms with Gasteiger partial charge < -0.3 is 5.32 Å². The van der Waals surface area contributed by atoms with E-state index in [0.29, 0.717) is 0 Å². The fraction of sp³-hybridized carbons (Fsp3) is 0.462. The van der Waals surface area contributed by atoms with E-state index >= 15 is 0 Å². The largest absolute Gasteiger partial charge is 0.325 e. The van der Waals surface area contributed by atoms with Crippen molar-refractivity contribution in [2.24, 2.45) is 0 Å². The third-order valence-electron chi connectivity index (χ3n) is 3.26. The van der Waals surface area contributed by atoms with Gasteiger partial charge in [-0.3, -0.25) is 9.69 Å². The first-order valence-corrected chi connectivity index (χ1v) is 6.04. The molecule has 2 rings (SSSR count). The van der Waals surface area contributed by atoms with Crippen LogP contribution in [0.5, 0.6) is 0 Å². The molecule has 0 spiro atoms. The van der Waals surface area contributed by atoms with E-state index in [0.717, 1.165) is 37.9 Å². The first kappa shape index (κ1) is 13.0. The second-order valence-corrected chi connectivity index (χ2v) is 4.61. The van der Waals surface area contributed by atoms with Gasteiger partial charge in [0.25, 0.3) is 0 Å². The molecule has 1 unspecified atom stereocenters. The Bertz CT molecular complexity index is 451. The molecular formula is C13H16F2N2O. The van der Waals surface area contributed by atoms with Gasteiger partial charge in [0.15, 0.2) is 11.6 Å². The van der Waals surface area contributed by atoms with E-state index in [1.165, 1.54) is 6.07 Å². The van der Waals surface area contributed by atoms with Crippen molar-refractivity contribution in [2.75, 3.05) is 18.9 Å². The molecule has 3 nitrogen and oxygen atoms in total. The number of piperidine rings is 1. The van der Waals surface area contributed by atoms with Crippen molar-refractivity contribution in [3.63, 3.8) is 0 Å². The SMILES string of the molecule is CN1CCCCC1C(=O)Nc1ccc(F)c(F)c1. The number of hydrogen-bond acceptors (Lipinski definition) is 2. The number of nitrogens with zero attached hydrogens (tertiary/aromatic N) is 1. The maximum absolute atomic E-state index is 13.0. The van der Waals surface area contributed by atoms with Crippen LogP contribution in [-0.4, -0.2) is 30.4 Å². The Morgan fingerprint density at radius 3 is 2.78 bits per heavy atom. The van der Waals surface area contributed by atoms with Gasteiger partial charge in [-0.05, 0) is 38.6 Å². The first-order chi connectivity index (χ1) is 8.58. The lowest BCUT2D eigenvalue weighted by Gasteiger charge is -2.31. The van der Waals surface area contributed by atoms with Crippen LogP contribution in [0.25, 0.3) is 0 Å². The lowest BCUT2D eigenvalue weighted by Crippen LogP contribution is -2.44. The van der Waals surface area contributed by atoms with E-state index in [9.17, 15) is 13.6 Å². The standard InChI is InChI=1S/C13H16F2N2O/c1-17-7-3-2-4-12(17)13(18)16-9-5-6-10(14)11(15)8-9/h5-6,8,12H,2-4,7H2,1H3,(H,16,18). The predicted molar refractivity (Wildman–Crippen MR) is 65.3 cm³/mol. The second kappa shape index (κ2) is 5.44. The Balaban J connectivity index is 2.04.